The Labute approximate surface area is 191 Å². The summed E-state index contributed by atoms with van der Waals surface area (Å²) in [5.74, 6) is 2.43. The van der Waals surface area contributed by atoms with Gasteiger partial charge in [-0.3, -0.25) is 14.4 Å². The van der Waals surface area contributed by atoms with Crippen molar-refractivity contribution in [1.29, 1.82) is 0 Å². The van der Waals surface area contributed by atoms with Crippen molar-refractivity contribution >= 4 is 17.7 Å². The molecule has 32 heavy (non-hydrogen) atoms. The molecule has 6 nitrogen and oxygen atoms in total. The average Bonchev–Trinajstić information content (AvgIpc) is 3.36. The second-order valence-corrected chi connectivity index (χ2v) is 11.9. The maximum Gasteiger partial charge on any atom is 0.311 e. The average molecular weight is 447 g/mol. The smallest absolute Gasteiger partial charge is 0.311 e. The summed E-state index contributed by atoms with van der Waals surface area (Å²) in [5.41, 5.74) is -0.495. The van der Waals surface area contributed by atoms with Crippen LogP contribution in [0.2, 0.25) is 0 Å². The summed E-state index contributed by atoms with van der Waals surface area (Å²) >= 11 is 0. The summed E-state index contributed by atoms with van der Waals surface area (Å²) in [5, 5.41) is 0. The fraction of sp³-hybridized carbons (Fsp3) is 0.885. The number of esters is 2. The van der Waals surface area contributed by atoms with Crippen LogP contribution in [0, 0.1) is 52.8 Å². The number of hydrogen-bond donors (Lipinski definition) is 0. The minimum Gasteiger partial charge on any atom is -0.462 e. The number of ether oxygens (including phenoxy) is 3. The maximum absolute atomic E-state index is 12.8. The molecule has 0 spiro atoms. The molecule has 6 saturated carbocycles. The third-order valence-electron chi connectivity index (χ3n) is 9.66. The Kier molecular flexibility index (Phi) is 5.88. The summed E-state index contributed by atoms with van der Waals surface area (Å²) < 4.78 is 17.1. The Bertz CT molecular complexity index is 774. The highest BCUT2D eigenvalue weighted by atomic mass is 16.7. The van der Waals surface area contributed by atoms with E-state index < -0.39 is 5.41 Å². The molecule has 9 atom stereocenters. The van der Waals surface area contributed by atoms with Crippen molar-refractivity contribution in [1.82, 2.24) is 0 Å². The Morgan fingerprint density at radius 3 is 2.53 bits per heavy atom. The minimum atomic E-state index is -0.495. The lowest BCUT2D eigenvalue weighted by molar-refractivity contribution is -0.175. The zero-order valence-electron chi connectivity index (χ0n) is 19.7. The summed E-state index contributed by atoms with van der Waals surface area (Å²) in [6.45, 7) is 6.26. The highest BCUT2D eigenvalue weighted by molar-refractivity contribution is 5.85. The van der Waals surface area contributed by atoms with E-state index in [9.17, 15) is 14.4 Å². The summed E-state index contributed by atoms with van der Waals surface area (Å²) in [6, 6.07) is 0. The molecular formula is C26H38O6. The molecule has 0 aromatic carbocycles. The first-order chi connectivity index (χ1) is 15.3. The normalized spacial score (nSPS) is 41.8. The third kappa shape index (κ3) is 3.91. The zero-order valence-corrected chi connectivity index (χ0v) is 19.7. The molecule has 0 radical (unpaired) electrons. The summed E-state index contributed by atoms with van der Waals surface area (Å²) in [4.78, 5) is 37.9. The maximum atomic E-state index is 12.8. The molecular weight excluding hydrogens is 408 g/mol. The number of carbonyl (C=O) groups is 3. The van der Waals surface area contributed by atoms with Gasteiger partial charge in [-0.25, -0.2) is 0 Å². The predicted molar refractivity (Wildman–Crippen MR) is 116 cm³/mol. The number of carbonyl (C=O) groups excluding carboxylic acids is 3. The second kappa shape index (κ2) is 8.41. The van der Waals surface area contributed by atoms with Gasteiger partial charge >= 0.3 is 11.9 Å². The van der Waals surface area contributed by atoms with Gasteiger partial charge in [-0.2, -0.15) is 0 Å². The lowest BCUT2D eigenvalue weighted by Crippen LogP contribution is -2.52. The van der Waals surface area contributed by atoms with Crippen LogP contribution in [0.4, 0.5) is 0 Å². The Morgan fingerprint density at radius 1 is 1.00 bits per heavy atom. The molecule has 178 valence electrons. The van der Waals surface area contributed by atoms with Crippen LogP contribution in [0.1, 0.15) is 72.1 Å². The molecule has 0 amide bonds. The molecule has 0 N–H and O–H groups in total. The third-order valence-corrected chi connectivity index (χ3v) is 9.66. The number of rotatable bonds is 8. The van der Waals surface area contributed by atoms with Crippen molar-refractivity contribution in [3.63, 3.8) is 0 Å². The molecule has 6 bridgehead atoms. The van der Waals surface area contributed by atoms with Crippen molar-refractivity contribution in [2.45, 2.75) is 78.2 Å². The van der Waals surface area contributed by atoms with Crippen molar-refractivity contribution in [2.75, 3.05) is 13.4 Å². The van der Waals surface area contributed by atoms with Crippen LogP contribution in [0.15, 0.2) is 0 Å². The Morgan fingerprint density at radius 2 is 1.78 bits per heavy atom. The number of ketones is 1. The van der Waals surface area contributed by atoms with Gasteiger partial charge in [-0.05, 0) is 88.9 Å². The standard InChI is InChI=1S/C26H38O6/c1-4-26(2,3)25(29)32-22-10-15-7-18(22)20(9-15)24(28)31-13-30-12-21-16-5-14-6-17(11-16)23(27)19(21)8-14/h14-22H,4-13H2,1-3H3. The van der Waals surface area contributed by atoms with Crippen LogP contribution >= 0.6 is 0 Å². The molecule has 0 aliphatic heterocycles. The van der Waals surface area contributed by atoms with Crippen molar-refractivity contribution in [3.05, 3.63) is 0 Å². The quantitative estimate of drug-likeness (QED) is 0.317. The van der Waals surface area contributed by atoms with Crippen LogP contribution in [-0.2, 0) is 28.6 Å². The van der Waals surface area contributed by atoms with Crippen LogP contribution in [0.5, 0.6) is 0 Å². The highest BCUT2D eigenvalue weighted by Crippen LogP contribution is 2.55. The minimum absolute atomic E-state index is 0.0446. The Hall–Kier alpha value is -1.43. The highest BCUT2D eigenvalue weighted by Gasteiger charge is 2.54. The molecule has 6 aliphatic rings. The van der Waals surface area contributed by atoms with Gasteiger partial charge in [0.25, 0.3) is 0 Å². The van der Waals surface area contributed by atoms with Gasteiger partial charge in [0, 0.05) is 17.8 Å². The molecule has 9 unspecified atom stereocenters. The largest absolute Gasteiger partial charge is 0.462 e. The summed E-state index contributed by atoms with van der Waals surface area (Å²) in [6.07, 6.45) is 7.55. The van der Waals surface area contributed by atoms with Crippen LogP contribution < -0.4 is 0 Å². The first-order valence-electron chi connectivity index (χ1n) is 12.8. The predicted octanol–water partition coefficient (Wildman–Crippen LogP) is 4.15. The van der Waals surface area contributed by atoms with E-state index in [1.165, 1.54) is 6.42 Å². The lowest BCUT2D eigenvalue weighted by Gasteiger charge is -2.53. The van der Waals surface area contributed by atoms with E-state index in [4.69, 9.17) is 14.2 Å². The van der Waals surface area contributed by atoms with Crippen LogP contribution in [0.3, 0.4) is 0 Å². The van der Waals surface area contributed by atoms with Gasteiger partial charge < -0.3 is 14.2 Å². The molecule has 6 heteroatoms. The van der Waals surface area contributed by atoms with Crippen molar-refractivity contribution in [3.8, 4) is 0 Å². The van der Waals surface area contributed by atoms with Gasteiger partial charge in [0.1, 0.15) is 11.9 Å². The molecule has 0 aromatic heterocycles. The SMILES string of the molecule is CCC(C)(C)C(=O)OC1CC2CC(C(=O)OCOCC3C4CC5CC(C4)C(=O)C3C5)C1C2. The number of Topliss-reactive ketones (excluding diaryl/α,β-unsaturated/α-hetero) is 1. The van der Waals surface area contributed by atoms with Gasteiger partial charge in [0.15, 0.2) is 6.79 Å². The monoisotopic (exact) mass is 446 g/mol. The van der Waals surface area contributed by atoms with Gasteiger partial charge in [-0.15, -0.1) is 0 Å². The topological polar surface area (TPSA) is 78.9 Å². The second-order valence-electron chi connectivity index (χ2n) is 11.9. The van der Waals surface area contributed by atoms with E-state index in [0.29, 0.717) is 36.1 Å². The van der Waals surface area contributed by atoms with Crippen LogP contribution in [-0.4, -0.2) is 37.2 Å². The first-order valence-corrected chi connectivity index (χ1v) is 12.8. The number of fused-ring (bicyclic) bond motifs is 2. The molecule has 6 fully saturated rings. The van der Waals surface area contributed by atoms with E-state index in [1.807, 2.05) is 20.8 Å². The van der Waals surface area contributed by atoms with Crippen LogP contribution in [0.25, 0.3) is 0 Å². The number of hydrogen-bond acceptors (Lipinski definition) is 6. The van der Waals surface area contributed by atoms with Crippen molar-refractivity contribution < 1.29 is 28.6 Å². The van der Waals surface area contributed by atoms with Gasteiger partial charge in [-0.1, -0.05) is 6.92 Å². The van der Waals surface area contributed by atoms with Crippen molar-refractivity contribution in [2.24, 2.45) is 52.8 Å². The van der Waals surface area contributed by atoms with Gasteiger partial charge in [0.2, 0.25) is 0 Å². The molecule has 0 heterocycles. The fourth-order valence-electron chi connectivity index (χ4n) is 7.53. The molecule has 6 aliphatic carbocycles. The van der Waals surface area contributed by atoms with E-state index in [1.54, 1.807) is 0 Å². The fourth-order valence-corrected chi connectivity index (χ4v) is 7.53. The molecule has 6 rings (SSSR count). The molecule has 0 saturated heterocycles. The Balaban J connectivity index is 1.08. The lowest BCUT2D eigenvalue weighted by atomic mass is 9.51. The van der Waals surface area contributed by atoms with E-state index in [2.05, 4.69) is 0 Å². The molecule has 0 aromatic rings. The van der Waals surface area contributed by atoms with E-state index in [-0.39, 0.29) is 42.6 Å². The first kappa shape index (κ1) is 22.4. The van der Waals surface area contributed by atoms with E-state index in [0.717, 1.165) is 50.9 Å². The zero-order chi connectivity index (χ0) is 22.6. The van der Waals surface area contributed by atoms with E-state index >= 15 is 0 Å². The summed E-state index contributed by atoms with van der Waals surface area (Å²) in [7, 11) is 0. The van der Waals surface area contributed by atoms with Gasteiger partial charge in [0.05, 0.1) is 17.9 Å².